The van der Waals surface area contributed by atoms with Crippen molar-refractivity contribution in [3.63, 3.8) is 0 Å². The monoisotopic (exact) mass is 237 g/mol. The Kier molecular flexibility index (Phi) is 5.29. The summed E-state index contributed by atoms with van der Waals surface area (Å²) in [7, 11) is 0. The van der Waals surface area contributed by atoms with E-state index in [0.29, 0.717) is 18.2 Å². The zero-order chi connectivity index (χ0) is 12.8. The first-order valence-corrected chi connectivity index (χ1v) is 6.03. The molecule has 2 nitrogen and oxygen atoms in total. The van der Waals surface area contributed by atoms with E-state index in [1.54, 1.807) is 18.2 Å². The van der Waals surface area contributed by atoms with Gasteiger partial charge < -0.3 is 0 Å². The number of benzene rings is 1. The maximum absolute atomic E-state index is 13.4. The highest BCUT2D eigenvalue weighted by atomic mass is 19.1. The van der Waals surface area contributed by atoms with E-state index in [2.05, 4.69) is 18.7 Å². The standard InChI is InChI=1S/C14H20FNO/c1-4-16(11(2)3)10-13(17)9-12-7-5-6-8-14(12)15/h5-8,11H,4,9-10H2,1-3H3. The number of halogens is 1. The summed E-state index contributed by atoms with van der Waals surface area (Å²) in [5.41, 5.74) is 0.484. The summed E-state index contributed by atoms with van der Waals surface area (Å²) < 4.78 is 13.4. The summed E-state index contributed by atoms with van der Waals surface area (Å²) in [6.07, 6.45) is 0.176. The number of Topliss-reactive ketones (excluding diaryl/α,β-unsaturated/α-hetero) is 1. The first-order valence-electron chi connectivity index (χ1n) is 6.03. The average molecular weight is 237 g/mol. The molecule has 0 fully saturated rings. The van der Waals surface area contributed by atoms with Crippen molar-refractivity contribution in [2.75, 3.05) is 13.1 Å². The van der Waals surface area contributed by atoms with Gasteiger partial charge in [-0.25, -0.2) is 4.39 Å². The highest BCUT2D eigenvalue weighted by Gasteiger charge is 2.13. The van der Waals surface area contributed by atoms with Gasteiger partial charge in [0.15, 0.2) is 5.78 Å². The molecule has 0 bridgehead atoms. The van der Waals surface area contributed by atoms with Gasteiger partial charge in [0.1, 0.15) is 5.82 Å². The van der Waals surface area contributed by atoms with Crippen molar-refractivity contribution in [1.29, 1.82) is 0 Å². The van der Waals surface area contributed by atoms with Crippen LogP contribution in [0.25, 0.3) is 0 Å². The number of rotatable bonds is 6. The van der Waals surface area contributed by atoms with E-state index < -0.39 is 0 Å². The first-order chi connectivity index (χ1) is 8.04. The van der Waals surface area contributed by atoms with Crippen molar-refractivity contribution in [3.8, 4) is 0 Å². The lowest BCUT2D eigenvalue weighted by Crippen LogP contribution is -2.36. The molecule has 0 aromatic heterocycles. The molecule has 1 aromatic carbocycles. The number of carbonyl (C=O) groups excluding carboxylic acids is 1. The Morgan fingerprint density at radius 2 is 2.00 bits per heavy atom. The van der Waals surface area contributed by atoms with Gasteiger partial charge in [0.25, 0.3) is 0 Å². The minimum absolute atomic E-state index is 0.0608. The average Bonchev–Trinajstić information content (AvgIpc) is 2.28. The van der Waals surface area contributed by atoms with E-state index in [4.69, 9.17) is 0 Å². The van der Waals surface area contributed by atoms with E-state index in [-0.39, 0.29) is 18.0 Å². The lowest BCUT2D eigenvalue weighted by atomic mass is 10.1. The van der Waals surface area contributed by atoms with Crippen molar-refractivity contribution in [2.24, 2.45) is 0 Å². The molecule has 0 N–H and O–H groups in total. The molecular weight excluding hydrogens is 217 g/mol. The van der Waals surface area contributed by atoms with Gasteiger partial charge in [-0.1, -0.05) is 25.1 Å². The van der Waals surface area contributed by atoms with Gasteiger partial charge in [-0.3, -0.25) is 9.69 Å². The second-order valence-corrected chi connectivity index (χ2v) is 4.46. The molecule has 94 valence electrons. The highest BCUT2D eigenvalue weighted by Crippen LogP contribution is 2.08. The molecule has 1 aromatic rings. The Labute approximate surface area is 102 Å². The van der Waals surface area contributed by atoms with Crippen molar-refractivity contribution in [2.45, 2.75) is 33.2 Å². The molecule has 0 heterocycles. The lowest BCUT2D eigenvalue weighted by molar-refractivity contribution is -0.120. The van der Waals surface area contributed by atoms with Gasteiger partial charge in [0.05, 0.1) is 6.54 Å². The molecule has 1 rings (SSSR count). The Morgan fingerprint density at radius 1 is 1.35 bits per heavy atom. The molecule has 3 heteroatoms. The number of nitrogens with zero attached hydrogens (tertiary/aromatic N) is 1. The van der Waals surface area contributed by atoms with Gasteiger partial charge in [-0.15, -0.1) is 0 Å². The molecule has 17 heavy (non-hydrogen) atoms. The largest absolute Gasteiger partial charge is 0.298 e. The summed E-state index contributed by atoms with van der Waals surface area (Å²) in [4.78, 5) is 13.9. The van der Waals surface area contributed by atoms with Crippen molar-refractivity contribution in [1.82, 2.24) is 4.90 Å². The Bertz CT molecular complexity index is 376. The number of hydrogen-bond donors (Lipinski definition) is 0. The van der Waals surface area contributed by atoms with E-state index >= 15 is 0 Å². The molecule has 0 saturated heterocycles. The summed E-state index contributed by atoms with van der Waals surface area (Å²) in [5.74, 6) is -0.237. The second-order valence-electron chi connectivity index (χ2n) is 4.46. The van der Waals surface area contributed by atoms with Gasteiger partial charge >= 0.3 is 0 Å². The SMILES string of the molecule is CCN(CC(=O)Cc1ccccc1F)C(C)C. The Hall–Kier alpha value is -1.22. The normalized spacial score (nSPS) is 11.2. The second kappa shape index (κ2) is 6.50. The quantitative estimate of drug-likeness (QED) is 0.758. The van der Waals surface area contributed by atoms with Crippen LogP contribution in [0.2, 0.25) is 0 Å². The summed E-state index contributed by atoms with van der Waals surface area (Å²) >= 11 is 0. The zero-order valence-corrected chi connectivity index (χ0v) is 10.7. The molecule has 0 saturated carbocycles. The lowest BCUT2D eigenvalue weighted by Gasteiger charge is -2.23. The number of hydrogen-bond acceptors (Lipinski definition) is 2. The summed E-state index contributed by atoms with van der Waals surface area (Å²) in [6, 6.07) is 6.79. The molecule has 0 unspecified atom stereocenters. The zero-order valence-electron chi connectivity index (χ0n) is 10.7. The van der Waals surface area contributed by atoms with Crippen LogP contribution in [0.1, 0.15) is 26.3 Å². The smallest absolute Gasteiger partial charge is 0.151 e. The van der Waals surface area contributed by atoms with Crippen molar-refractivity contribution >= 4 is 5.78 Å². The topological polar surface area (TPSA) is 20.3 Å². The third-order valence-electron chi connectivity index (χ3n) is 2.86. The molecule has 0 radical (unpaired) electrons. The molecule has 0 amide bonds. The van der Waals surface area contributed by atoms with Crippen LogP contribution in [0.15, 0.2) is 24.3 Å². The fraction of sp³-hybridized carbons (Fsp3) is 0.500. The maximum Gasteiger partial charge on any atom is 0.151 e. The van der Waals surface area contributed by atoms with Crippen LogP contribution in [-0.2, 0) is 11.2 Å². The maximum atomic E-state index is 13.4. The molecule has 0 aliphatic heterocycles. The van der Waals surface area contributed by atoms with Gasteiger partial charge in [-0.05, 0) is 32.0 Å². The van der Waals surface area contributed by atoms with Crippen LogP contribution < -0.4 is 0 Å². The van der Waals surface area contributed by atoms with Crippen LogP contribution >= 0.6 is 0 Å². The Balaban J connectivity index is 2.58. The molecular formula is C14H20FNO. The van der Waals surface area contributed by atoms with E-state index in [9.17, 15) is 9.18 Å². The minimum Gasteiger partial charge on any atom is -0.298 e. The fourth-order valence-corrected chi connectivity index (χ4v) is 1.80. The third kappa shape index (κ3) is 4.27. The van der Waals surface area contributed by atoms with Gasteiger partial charge in [-0.2, -0.15) is 0 Å². The first kappa shape index (κ1) is 13.8. The van der Waals surface area contributed by atoms with Crippen LogP contribution in [-0.4, -0.2) is 29.8 Å². The van der Waals surface area contributed by atoms with Gasteiger partial charge in [0, 0.05) is 12.5 Å². The van der Waals surface area contributed by atoms with Crippen LogP contribution in [0.5, 0.6) is 0 Å². The van der Waals surface area contributed by atoms with Crippen LogP contribution in [0.4, 0.5) is 4.39 Å². The number of ketones is 1. The van der Waals surface area contributed by atoms with E-state index in [1.165, 1.54) is 6.07 Å². The predicted octanol–water partition coefficient (Wildman–Crippen LogP) is 2.67. The molecule has 0 aliphatic carbocycles. The minimum atomic E-state index is -0.298. The predicted molar refractivity (Wildman–Crippen MR) is 67.5 cm³/mol. The third-order valence-corrected chi connectivity index (χ3v) is 2.86. The fourth-order valence-electron chi connectivity index (χ4n) is 1.80. The summed E-state index contributed by atoms with van der Waals surface area (Å²) in [5, 5.41) is 0. The van der Waals surface area contributed by atoms with E-state index in [1.807, 2.05) is 6.92 Å². The van der Waals surface area contributed by atoms with Crippen molar-refractivity contribution < 1.29 is 9.18 Å². The Morgan fingerprint density at radius 3 is 2.53 bits per heavy atom. The van der Waals surface area contributed by atoms with E-state index in [0.717, 1.165) is 6.54 Å². The highest BCUT2D eigenvalue weighted by molar-refractivity contribution is 5.82. The molecule has 0 aliphatic rings. The number of carbonyl (C=O) groups is 1. The molecule has 0 spiro atoms. The van der Waals surface area contributed by atoms with Crippen LogP contribution in [0.3, 0.4) is 0 Å². The van der Waals surface area contributed by atoms with Crippen molar-refractivity contribution in [3.05, 3.63) is 35.6 Å². The van der Waals surface area contributed by atoms with Gasteiger partial charge in [0.2, 0.25) is 0 Å². The van der Waals surface area contributed by atoms with Crippen LogP contribution in [0, 0.1) is 5.82 Å². The summed E-state index contributed by atoms with van der Waals surface area (Å²) in [6.45, 7) is 7.36. The number of likely N-dealkylation sites (N-methyl/N-ethyl adjacent to an activating group) is 1. The molecule has 0 atom stereocenters.